The van der Waals surface area contributed by atoms with E-state index in [-0.39, 0.29) is 0 Å². The number of hydrogen-bond donors (Lipinski definition) is 1. The minimum atomic E-state index is -0.822. The van der Waals surface area contributed by atoms with Gasteiger partial charge in [0, 0.05) is 10.6 Å². The zero-order chi connectivity index (χ0) is 17.3. The molecule has 2 N–H and O–H groups in total. The van der Waals surface area contributed by atoms with E-state index >= 15 is 0 Å². The molecule has 2 aromatic rings. The highest BCUT2D eigenvalue weighted by atomic mass is 32.2. The van der Waals surface area contributed by atoms with Crippen LogP contribution in [0.3, 0.4) is 0 Å². The number of halogens is 2. The molecule has 2 aromatic carbocycles. The molecule has 1 unspecified atom stereocenters. The molecule has 4 heteroatoms. The van der Waals surface area contributed by atoms with Gasteiger partial charge in [-0.2, -0.15) is 0 Å². The Kier molecular flexibility index (Phi) is 4.76. The third-order valence-electron chi connectivity index (χ3n) is 4.26. The van der Waals surface area contributed by atoms with Crippen LogP contribution in [-0.2, 0) is 0 Å². The van der Waals surface area contributed by atoms with Crippen LogP contribution in [0.1, 0.15) is 24.5 Å². The minimum absolute atomic E-state index is 0.352. The fraction of sp³-hybridized carbons (Fsp3) is 0.200. The van der Waals surface area contributed by atoms with E-state index in [9.17, 15) is 8.78 Å². The number of anilines is 1. The van der Waals surface area contributed by atoms with Gasteiger partial charge in [0.1, 0.15) is 0 Å². The van der Waals surface area contributed by atoms with E-state index in [0.29, 0.717) is 5.92 Å². The van der Waals surface area contributed by atoms with Crippen molar-refractivity contribution in [3.63, 3.8) is 0 Å². The third kappa shape index (κ3) is 3.24. The zero-order valence-electron chi connectivity index (χ0n) is 13.6. The minimum Gasteiger partial charge on any atom is -0.398 e. The van der Waals surface area contributed by atoms with E-state index in [1.807, 2.05) is 18.4 Å². The molecule has 24 heavy (non-hydrogen) atoms. The standard InChI is InChI=1S/C20H19F2NS/c1-12-3-6-15(14-5-8-19(23)20(11-14)24-2)16(9-12)13-4-7-17(21)18(22)10-13/h3-8,10-12H,9,23H2,1-2H3. The highest BCUT2D eigenvalue weighted by Crippen LogP contribution is 2.38. The van der Waals surface area contributed by atoms with Gasteiger partial charge in [0.25, 0.3) is 0 Å². The smallest absolute Gasteiger partial charge is 0.159 e. The normalized spacial score (nSPS) is 17.4. The van der Waals surface area contributed by atoms with E-state index in [1.165, 1.54) is 12.1 Å². The van der Waals surface area contributed by atoms with Crippen molar-refractivity contribution in [2.24, 2.45) is 5.92 Å². The fourth-order valence-corrected chi connectivity index (χ4v) is 3.52. The number of rotatable bonds is 3. The maximum absolute atomic E-state index is 13.7. The Morgan fingerprint density at radius 1 is 1.04 bits per heavy atom. The molecular weight excluding hydrogens is 324 g/mol. The van der Waals surface area contributed by atoms with E-state index in [1.54, 1.807) is 17.8 Å². The summed E-state index contributed by atoms with van der Waals surface area (Å²) in [6.45, 7) is 2.11. The van der Waals surface area contributed by atoms with Crippen molar-refractivity contribution in [2.75, 3.05) is 12.0 Å². The molecule has 0 saturated heterocycles. The molecule has 0 fully saturated rings. The zero-order valence-corrected chi connectivity index (χ0v) is 14.5. The Hall–Kier alpha value is -2.07. The molecule has 0 aliphatic heterocycles. The highest BCUT2D eigenvalue weighted by molar-refractivity contribution is 7.98. The van der Waals surface area contributed by atoms with Crippen LogP contribution in [0.15, 0.2) is 53.4 Å². The lowest BCUT2D eigenvalue weighted by Crippen LogP contribution is -2.03. The summed E-state index contributed by atoms with van der Waals surface area (Å²) in [6.07, 6.45) is 6.99. The van der Waals surface area contributed by atoms with Gasteiger partial charge in [0.05, 0.1) is 0 Å². The number of nitrogens with two attached hydrogens (primary N) is 1. The second-order valence-corrected chi connectivity index (χ2v) is 6.87. The van der Waals surface area contributed by atoms with Gasteiger partial charge in [-0.3, -0.25) is 0 Å². The summed E-state index contributed by atoms with van der Waals surface area (Å²) in [5.41, 5.74) is 10.6. The molecule has 0 radical (unpaired) electrons. The molecule has 0 aromatic heterocycles. The predicted octanol–water partition coefficient (Wildman–Crippen LogP) is 5.78. The first kappa shape index (κ1) is 16.8. The number of nitrogen functional groups attached to an aromatic ring is 1. The summed E-state index contributed by atoms with van der Waals surface area (Å²) >= 11 is 1.59. The quantitative estimate of drug-likeness (QED) is 0.565. The Morgan fingerprint density at radius 2 is 1.79 bits per heavy atom. The molecule has 0 saturated carbocycles. The predicted molar refractivity (Wildman–Crippen MR) is 98.7 cm³/mol. The first-order valence-electron chi connectivity index (χ1n) is 7.80. The lowest BCUT2D eigenvalue weighted by molar-refractivity contribution is 0.508. The summed E-state index contributed by atoms with van der Waals surface area (Å²) in [7, 11) is 0. The molecule has 0 bridgehead atoms. The molecule has 1 nitrogen and oxygen atoms in total. The second kappa shape index (κ2) is 6.81. The molecular formula is C20H19F2NS. The summed E-state index contributed by atoms with van der Waals surface area (Å²) in [5, 5.41) is 0. The van der Waals surface area contributed by atoms with E-state index in [4.69, 9.17) is 5.73 Å². The maximum Gasteiger partial charge on any atom is 0.159 e. The first-order valence-corrected chi connectivity index (χ1v) is 9.02. The fourth-order valence-electron chi connectivity index (χ4n) is 2.97. The summed E-state index contributed by atoms with van der Waals surface area (Å²) in [6, 6.07) is 10.0. The van der Waals surface area contributed by atoms with Crippen LogP contribution in [-0.4, -0.2) is 6.26 Å². The van der Waals surface area contributed by atoms with Crippen LogP contribution < -0.4 is 5.73 Å². The van der Waals surface area contributed by atoms with Crippen LogP contribution in [0.5, 0.6) is 0 Å². The molecule has 1 aliphatic rings. The monoisotopic (exact) mass is 343 g/mol. The van der Waals surface area contributed by atoms with Crippen molar-refractivity contribution in [1.82, 2.24) is 0 Å². The summed E-state index contributed by atoms with van der Waals surface area (Å²) in [5.74, 6) is -1.29. The molecule has 1 aliphatic carbocycles. The van der Waals surface area contributed by atoms with E-state index < -0.39 is 11.6 Å². The highest BCUT2D eigenvalue weighted by Gasteiger charge is 2.18. The van der Waals surface area contributed by atoms with Crippen molar-refractivity contribution in [2.45, 2.75) is 18.2 Å². The van der Waals surface area contributed by atoms with Crippen molar-refractivity contribution < 1.29 is 8.78 Å². The van der Waals surface area contributed by atoms with E-state index in [0.717, 1.165) is 39.3 Å². The molecule has 3 rings (SSSR count). The number of hydrogen-bond acceptors (Lipinski definition) is 2. The average Bonchev–Trinajstić information content (AvgIpc) is 2.58. The number of allylic oxidation sites excluding steroid dienone is 4. The van der Waals surface area contributed by atoms with Crippen molar-refractivity contribution in [1.29, 1.82) is 0 Å². The largest absolute Gasteiger partial charge is 0.398 e. The molecule has 0 amide bonds. The van der Waals surface area contributed by atoms with Crippen molar-refractivity contribution in [3.8, 4) is 0 Å². The van der Waals surface area contributed by atoms with Gasteiger partial charge in [-0.05, 0) is 65.1 Å². The summed E-state index contributed by atoms with van der Waals surface area (Å²) < 4.78 is 27.0. The van der Waals surface area contributed by atoms with Crippen LogP contribution in [0.2, 0.25) is 0 Å². The van der Waals surface area contributed by atoms with Gasteiger partial charge < -0.3 is 5.73 Å². The number of benzene rings is 2. The Morgan fingerprint density at radius 3 is 2.50 bits per heavy atom. The van der Waals surface area contributed by atoms with Gasteiger partial charge in [0.2, 0.25) is 0 Å². The van der Waals surface area contributed by atoms with Gasteiger partial charge in [-0.25, -0.2) is 8.78 Å². The Balaban J connectivity index is 2.16. The SMILES string of the molecule is CSc1cc(C2=C(c3ccc(F)c(F)c3)CC(C)C=C2)ccc1N. The lowest BCUT2D eigenvalue weighted by atomic mass is 9.84. The Labute approximate surface area is 145 Å². The van der Waals surface area contributed by atoms with Gasteiger partial charge in [-0.15, -0.1) is 11.8 Å². The van der Waals surface area contributed by atoms with Crippen molar-refractivity contribution >= 4 is 28.6 Å². The second-order valence-electron chi connectivity index (χ2n) is 6.02. The van der Waals surface area contributed by atoms with Crippen molar-refractivity contribution in [3.05, 3.63) is 71.3 Å². The van der Waals surface area contributed by atoms with Crippen LogP contribution >= 0.6 is 11.8 Å². The Bertz CT molecular complexity index is 840. The topological polar surface area (TPSA) is 26.0 Å². The molecule has 124 valence electrons. The lowest BCUT2D eigenvalue weighted by Gasteiger charge is -2.21. The van der Waals surface area contributed by atoms with Crippen LogP contribution in [0, 0.1) is 17.6 Å². The summed E-state index contributed by atoms with van der Waals surface area (Å²) in [4.78, 5) is 1.01. The molecule has 0 spiro atoms. The van der Waals surface area contributed by atoms with Crippen LogP contribution in [0.25, 0.3) is 11.1 Å². The van der Waals surface area contributed by atoms with E-state index in [2.05, 4.69) is 25.1 Å². The molecule has 0 heterocycles. The average molecular weight is 343 g/mol. The molecule has 1 atom stereocenters. The number of thioether (sulfide) groups is 1. The third-order valence-corrected chi connectivity index (χ3v) is 5.05. The maximum atomic E-state index is 13.7. The first-order chi connectivity index (χ1) is 11.5. The van der Waals surface area contributed by atoms with Crippen LogP contribution in [0.4, 0.5) is 14.5 Å². The van der Waals surface area contributed by atoms with Gasteiger partial charge in [0.15, 0.2) is 11.6 Å². The van der Waals surface area contributed by atoms with Gasteiger partial charge in [-0.1, -0.05) is 31.2 Å². The van der Waals surface area contributed by atoms with Gasteiger partial charge >= 0.3 is 0 Å².